The first-order chi connectivity index (χ1) is 24.4. The topological polar surface area (TPSA) is 185 Å². The van der Waals surface area contributed by atoms with Gasteiger partial charge in [0.25, 0.3) is 5.56 Å². The van der Waals surface area contributed by atoms with Gasteiger partial charge in [0.15, 0.2) is 0 Å². The number of aromatic nitrogens is 6. The van der Waals surface area contributed by atoms with E-state index in [1.54, 1.807) is 67.9 Å². The highest BCUT2D eigenvalue weighted by Crippen LogP contribution is 2.46. The number of carbonyl (C=O) groups excluding carboxylic acids is 4. The summed E-state index contributed by atoms with van der Waals surface area (Å²) < 4.78 is 15.4. The van der Waals surface area contributed by atoms with Crippen LogP contribution >= 0.6 is 0 Å². The van der Waals surface area contributed by atoms with Crippen molar-refractivity contribution in [3.8, 4) is 11.4 Å². The number of rotatable bonds is 6. The number of nitrogens with one attached hydrogen (secondary N) is 2. The number of allylic oxidation sites excluding steroid dienone is 1. The number of nitrogens with zero attached hydrogens (tertiary/aromatic N) is 7. The molecule has 5 heterocycles. The normalized spacial score (nSPS) is 26.2. The van der Waals surface area contributed by atoms with E-state index in [1.807, 2.05) is 12.2 Å². The van der Waals surface area contributed by atoms with Gasteiger partial charge in [-0.15, -0.1) is 0 Å². The predicted molar refractivity (Wildman–Crippen MR) is 183 cm³/mol. The van der Waals surface area contributed by atoms with E-state index in [0.29, 0.717) is 24.9 Å². The number of alkyl carbamates (subject to hydrolysis) is 1. The first kappa shape index (κ1) is 35.5. The Hall–Kier alpha value is -5.28. The Kier molecular flexibility index (Phi) is 10.1. The van der Waals surface area contributed by atoms with Gasteiger partial charge >= 0.3 is 12.1 Å². The molecule has 3 aliphatic rings. The van der Waals surface area contributed by atoms with Crippen LogP contribution in [0.1, 0.15) is 78.7 Å². The average Bonchev–Trinajstić information content (AvgIpc) is 3.60. The molecule has 0 aromatic carbocycles. The molecule has 5 atom stereocenters. The van der Waals surface area contributed by atoms with Gasteiger partial charge in [0.05, 0.1) is 37.2 Å². The summed E-state index contributed by atoms with van der Waals surface area (Å²) in [6.45, 7) is 6.99. The molecule has 0 unspecified atom stereocenters. The summed E-state index contributed by atoms with van der Waals surface area (Å²) in [4.78, 5) is 78.9. The van der Waals surface area contributed by atoms with Crippen LogP contribution < -0.4 is 16.2 Å². The van der Waals surface area contributed by atoms with Crippen LogP contribution in [0.4, 0.5) is 4.79 Å². The number of amides is 3. The van der Waals surface area contributed by atoms with Crippen LogP contribution in [0.2, 0.25) is 0 Å². The maximum Gasteiger partial charge on any atom is 0.408 e. The van der Waals surface area contributed by atoms with E-state index in [2.05, 4.69) is 25.7 Å². The van der Waals surface area contributed by atoms with Crippen LogP contribution in [-0.2, 0) is 23.9 Å². The number of hydrogen-bond acceptors (Lipinski definition) is 10. The monoisotopic (exact) mass is 703 g/mol. The van der Waals surface area contributed by atoms with Gasteiger partial charge in [-0.3, -0.25) is 19.0 Å². The third kappa shape index (κ3) is 7.59. The fourth-order valence-corrected chi connectivity index (χ4v) is 6.88. The van der Waals surface area contributed by atoms with E-state index in [0.717, 1.165) is 19.3 Å². The summed E-state index contributed by atoms with van der Waals surface area (Å²) in [5.41, 5.74) is -1.83. The maximum absolute atomic E-state index is 14.5. The molecule has 3 aromatic heterocycles. The SMILES string of the molecule is CCOC(=O)[C@@]12C[C@@H]1/C=C\CCCCC[C@H](NC(=O)OC(C)(C)C)C(=O)N1C[C@H](n3ncc(-n4ccnc4)c(-n4ccnc4)c3=O)C[C@H]1C(=O)N2. The third-order valence-electron chi connectivity index (χ3n) is 9.44. The Morgan fingerprint density at radius 3 is 2.49 bits per heavy atom. The summed E-state index contributed by atoms with van der Waals surface area (Å²) in [5.74, 6) is -1.84. The Balaban J connectivity index is 1.38. The number of ether oxygens (including phenoxy) is 2. The molecule has 0 radical (unpaired) electrons. The van der Waals surface area contributed by atoms with E-state index in [-0.39, 0.29) is 31.2 Å². The third-order valence-corrected chi connectivity index (χ3v) is 9.44. The van der Waals surface area contributed by atoms with Crippen LogP contribution in [0.3, 0.4) is 0 Å². The van der Waals surface area contributed by atoms with Crippen molar-refractivity contribution < 1.29 is 28.7 Å². The van der Waals surface area contributed by atoms with Gasteiger partial charge in [0.1, 0.15) is 28.9 Å². The molecule has 0 bridgehead atoms. The molecule has 6 rings (SSSR count). The maximum atomic E-state index is 14.5. The summed E-state index contributed by atoms with van der Waals surface area (Å²) in [6.07, 6.45) is 18.0. The average molecular weight is 704 g/mol. The Bertz CT molecular complexity index is 1830. The summed E-state index contributed by atoms with van der Waals surface area (Å²) >= 11 is 0. The number of fused-ring (bicyclic) bond motifs is 2. The van der Waals surface area contributed by atoms with E-state index < -0.39 is 58.7 Å². The number of hydrogen-bond donors (Lipinski definition) is 2. The molecule has 16 nitrogen and oxygen atoms in total. The van der Waals surface area contributed by atoms with E-state index in [4.69, 9.17) is 9.47 Å². The van der Waals surface area contributed by atoms with E-state index in [9.17, 15) is 24.0 Å². The second-order valence-corrected chi connectivity index (χ2v) is 14.2. The van der Waals surface area contributed by atoms with Crippen molar-refractivity contribution in [2.45, 2.75) is 102 Å². The van der Waals surface area contributed by atoms with Crippen LogP contribution in [-0.4, -0.2) is 94.0 Å². The zero-order valence-corrected chi connectivity index (χ0v) is 29.4. The minimum absolute atomic E-state index is 0.0246. The first-order valence-electron chi connectivity index (χ1n) is 17.5. The van der Waals surface area contributed by atoms with Crippen LogP contribution in [0.5, 0.6) is 0 Å². The molecule has 1 saturated carbocycles. The molecule has 1 saturated heterocycles. The van der Waals surface area contributed by atoms with E-state index >= 15 is 0 Å². The minimum Gasteiger partial charge on any atom is -0.464 e. The highest BCUT2D eigenvalue weighted by molar-refractivity contribution is 5.96. The lowest BCUT2D eigenvalue weighted by atomic mass is 10.0. The molecule has 16 heteroatoms. The van der Waals surface area contributed by atoms with E-state index in [1.165, 1.54) is 22.1 Å². The summed E-state index contributed by atoms with van der Waals surface area (Å²) in [6, 6.07) is -2.83. The van der Waals surface area contributed by atoms with Gasteiger partial charge < -0.3 is 29.6 Å². The molecule has 3 amide bonds. The Labute approximate surface area is 295 Å². The van der Waals surface area contributed by atoms with Crippen molar-refractivity contribution in [2.75, 3.05) is 13.2 Å². The molecular formula is C35H45N9O7. The van der Waals surface area contributed by atoms with Gasteiger partial charge in [0, 0.05) is 43.7 Å². The van der Waals surface area contributed by atoms with Gasteiger partial charge in [-0.1, -0.05) is 25.0 Å². The second kappa shape index (κ2) is 14.5. The molecule has 1 aliphatic carbocycles. The van der Waals surface area contributed by atoms with Crippen molar-refractivity contribution in [1.82, 2.24) is 44.4 Å². The van der Waals surface area contributed by atoms with Crippen molar-refractivity contribution in [2.24, 2.45) is 5.92 Å². The Morgan fingerprint density at radius 2 is 1.80 bits per heavy atom. The predicted octanol–water partition coefficient (Wildman–Crippen LogP) is 2.61. The molecule has 3 aromatic rings. The highest BCUT2D eigenvalue weighted by atomic mass is 16.6. The van der Waals surface area contributed by atoms with Crippen molar-refractivity contribution in [3.05, 3.63) is 66.1 Å². The van der Waals surface area contributed by atoms with Crippen molar-refractivity contribution >= 4 is 23.9 Å². The minimum atomic E-state index is -1.26. The number of esters is 1. The lowest BCUT2D eigenvalue weighted by Crippen LogP contribution is -2.56. The highest BCUT2D eigenvalue weighted by Gasteiger charge is 2.62. The lowest BCUT2D eigenvalue weighted by Gasteiger charge is -2.30. The molecule has 2 fully saturated rings. The molecular weight excluding hydrogens is 658 g/mol. The standard InChI is InChI=1S/C35H45N9O7/c1-5-50-32(48)35-18-23(35)11-9-7-6-8-10-12-25(39-33(49)51-34(2,3)4)30(46)43-20-24(17-26(43)29(45)40-35)44-31(47)28(42-16-14-37-22-42)27(19-38-44)41-15-13-36-21-41/h9,11,13-16,19,21-26H,5-8,10,12,17-18,20H2,1-4H3,(H,39,49)(H,40,45)/b11-9-/t23-,24+,25-,26-,35+/m0/s1. The fraction of sp³-hybridized carbons (Fsp3) is 0.543. The Morgan fingerprint density at radius 1 is 1.06 bits per heavy atom. The zero-order chi connectivity index (χ0) is 36.3. The zero-order valence-electron chi connectivity index (χ0n) is 29.4. The van der Waals surface area contributed by atoms with Gasteiger partial charge in [-0.25, -0.2) is 24.2 Å². The quantitative estimate of drug-likeness (QED) is 0.286. The van der Waals surface area contributed by atoms with Crippen LogP contribution in [0.15, 0.2) is 60.6 Å². The van der Waals surface area contributed by atoms with Crippen LogP contribution in [0.25, 0.3) is 11.4 Å². The van der Waals surface area contributed by atoms with Crippen molar-refractivity contribution in [1.29, 1.82) is 0 Å². The smallest absolute Gasteiger partial charge is 0.408 e. The summed E-state index contributed by atoms with van der Waals surface area (Å²) in [7, 11) is 0. The molecule has 0 spiro atoms. The second-order valence-electron chi connectivity index (χ2n) is 14.2. The molecule has 51 heavy (non-hydrogen) atoms. The molecule has 272 valence electrons. The number of imidazole rings is 2. The van der Waals surface area contributed by atoms with Gasteiger partial charge in [-0.2, -0.15) is 5.10 Å². The largest absolute Gasteiger partial charge is 0.464 e. The van der Waals surface area contributed by atoms with Crippen LogP contribution in [0, 0.1) is 5.92 Å². The lowest BCUT2D eigenvalue weighted by molar-refractivity contribution is -0.150. The number of carbonyl (C=O) groups is 4. The van der Waals surface area contributed by atoms with Gasteiger partial charge in [-0.05, 0) is 53.4 Å². The first-order valence-corrected chi connectivity index (χ1v) is 17.5. The fourth-order valence-electron chi connectivity index (χ4n) is 6.88. The summed E-state index contributed by atoms with van der Waals surface area (Å²) in [5, 5.41) is 10.2. The molecule has 2 aliphatic heterocycles. The van der Waals surface area contributed by atoms with Gasteiger partial charge in [0.2, 0.25) is 11.8 Å². The van der Waals surface area contributed by atoms with Crippen molar-refractivity contribution in [3.63, 3.8) is 0 Å². The molecule has 2 N–H and O–H groups in total.